The highest BCUT2D eigenvalue weighted by Crippen LogP contribution is 2.36. The molecule has 0 bridgehead atoms. The van der Waals surface area contributed by atoms with E-state index in [9.17, 15) is 4.79 Å². The molecule has 2 aromatic carbocycles. The number of amides is 1. The van der Waals surface area contributed by atoms with Gasteiger partial charge in [0.1, 0.15) is 5.52 Å². The van der Waals surface area contributed by atoms with Crippen molar-refractivity contribution in [2.24, 2.45) is 0 Å². The van der Waals surface area contributed by atoms with Gasteiger partial charge in [-0.15, -0.1) is 0 Å². The Bertz CT molecular complexity index is 1490. The number of aromatic amines is 1. The standard InChI is InChI=1S/C24H17BrClN5O2/c1-12-6-21-19(9-18(12)26)30-24(33-21)17-11-28-31-22(17)14-4-3-5-15(7-14)23-20(29-13(2)32)8-16(25)10-27-23/h3-11H,1-2H3,(H,28,31)(H,29,32). The summed E-state index contributed by atoms with van der Waals surface area (Å²) < 4.78 is 6.78. The summed E-state index contributed by atoms with van der Waals surface area (Å²) in [6.07, 6.45) is 3.38. The zero-order valence-corrected chi connectivity index (χ0v) is 20.0. The van der Waals surface area contributed by atoms with E-state index < -0.39 is 0 Å². The van der Waals surface area contributed by atoms with E-state index in [1.165, 1.54) is 6.92 Å². The van der Waals surface area contributed by atoms with E-state index in [0.717, 1.165) is 32.4 Å². The third-order valence-corrected chi connectivity index (χ3v) is 5.97. The molecule has 2 N–H and O–H groups in total. The molecule has 5 rings (SSSR count). The molecule has 0 atom stereocenters. The van der Waals surface area contributed by atoms with Gasteiger partial charge in [0.05, 0.1) is 28.8 Å². The fraction of sp³-hybridized carbons (Fsp3) is 0.0833. The molecule has 1 amide bonds. The molecule has 0 saturated carbocycles. The van der Waals surface area contributed by atoms with E-state index in [4.69, 9.17) is 16.0 Å². The second-order valence-corrected chi connectivity index (χ2v) is 8.88. The van der Waals surface area contributed by atoms with Crippen LogP contribution in [0.4, 0.5) is 5.69 Å². The third kappa shape index (κ3) is 4.15. The highest BCUT2D eigenvalue weighted by molar-refractivity contribution is 9.10. The molecule has 7 nitrogen and oxygen atoms in total. The maximum Gasteiger partial charge on any atom is 0.231 e. The number of carbonyl (C=O) groups is 1. The normalized spacial score (nSPS) is 11.2. The number of benzene rings is 2. The van der Waals surface area contributed by atoms with E-state index in [1.807, 2.05) is 43.3 Å². The summed E-state index contributed by atoms with van der Waals surface area (Å²) in [5, 5.41) is 10.7. The van der Waals surface area contributed by atoms with Gasteiger partial charge in [-0.1, -0.05) is 29.8 Å². The summed E-state index contributed by atoms with van der Waals surface area (Å²) in [6.45, 7) is 3.39. The van der Waals surface area contributed by atoms with Gasteiger partial charge in [-0.2, -0.15) is 5.10 Å². The van der Waals surface area contributed by atoms with Crippen molar-refractivity contribution >= 4 is 50.2 Å². The van der Waals surface area contributed by atoms with Crippen LogP contribution in [-0.4, -0.2) is 26.1 Å². The van der Waals surface area contributed by atoms with Gasteiger partial charge >= 0.3 is 0 Å². The molecule has 0 aliphatic rings. The smallest absolute Gasteiger partial charge is 0.231 e. The Balaban J connectivity index is 1.58. The molecule has 0 fully saturated rings. The molecule has 0 aliphatic heterocycles. The van der Waals surface area contributed by atoms with Crippen molar-refractivity contribution in [3.05, 3.63) is 69.9 Å². The Hall–Kier alpha value is -3.49. The number of aromatic nitrogens is 4. The van der Waals surface area contributed by atoms with Gasteiger partial charge in [0.15, 0.2) is 5.58 Å². The predicted molar refractivity (Wildman–Crippen MR) is 132 cm³/mol. The van der Waals surface area contributed by atoms with Gasteiger partial charge in [0, 0.05) is 33.7 Å². The Morgan fingerprint density at radius 3 is 2.79 bits per heavy atom. The lowest BCUT2D eigenvalue weighted by molar-refractivity contribution is -0.114. The molecule has 3 aromatic heterocycles. The largest absolute Gasteiger partial charge is 0.436 e. The van der Waals surface area contributed by atoms with Crippen molar-refractivity contribution in [3.8, 4) is 34.0 Å². The minimum absolute atomic E-state index is 0.172. The minimum Gasteiger partial charge on any atom is -0.436 e. The van der Waals surface area contributed by atoms with Crippen LogP contribution >= 0.6 is 27.5 Å². The third-order valence-electron chi connectivity index (χ3n) is 5.13. The molecule has 0 unspecified atom stereocenters. The fourth-order valence-corrected chi connectivity index (χ4v) is 4.10. The molecular weight excluding hydrogens is 506 g/mol. The van der Waals surface area contributed by atoms with E-state index in [2.05, 4.69) is 41.4 Å². The van der Waals surface area contributed by atoms with Crippen LogP contribution in [0.25, 0.3) is 45.1 Å². The van der Waals surface area contributed by atoms with Crippen molar-refractivity contribution in [3.63, 3.8) is 0 Å². The Morgan fingerprint density at radius 1 is 1.15 bits per heavy atom. The summed E-state index contributed by atoms with van der Waals surface area (Å²) in [4.78, 5) is 20.8. The first-order valence-corrected chi connectivity index (χ1v) is 11.2. The average Bonchev–Trinajstić information content (AvgIpc) is 3.41. The molecule has 0 aliphatic carbocycles. The van der Waals surface area contributed by atoms with Gasteiger partial charge in [-0.25, -0.2) is 4.98 Å². The summed E-state index contributed by atoms with van der Waals surface area (Å²) in [5.74, 6) is 0.274. The summed E-state index contributed by atoms with van der Waals surface area (Å²) in [6, 6.07) is 13.3. The zero-order valence-electron chi connectivity index (χ0n) is 17.6. The lowest BCUT2D eigenvalue weighted by atomic mass is 10.0. The highest BCUT2D eigenvalue weighted by atomic mass is 79.9. The molecule has 0 radical (unpaired) electrons. The fourth-order valence-electron chi connectivity index (χ4n) is 3.61. The molecule has 9 heteroatoms. The Kier molecular flexibility index (Phi) is 5.47. The first-order valence-electron chi connectivity index (χ1n) is 10.0. The molecule has 0 spiro atoms. The maximum absolute atomic E-state index is 11.7. The summed E-state index contributed by atoms with van der Waals surface area (Å²) in [7, 11) is 0. The molecule has 3 heterocycles. The number of carbonyl (C=O) groups excluding carboxylic acids is 1. The maximum atomic E-state index is 11.7. The summed E-state index contributed by atoms with van der Waals surface area (Å²) in [5.41, 5.74) is 6.72. The number of aryl methyl sites for hydroxylation is 1. The highest BCUT2D eigenvalue weighted by Gasteiger charge is 2.18. The van der Waals surface area contributed by atoms with Crippen LogP contribution < -0.4 is 5.32 Å². The Labute approximate surface area is 202 Å². The van der Waals surface area contributed by atoms with Crippen LogP contribution in [0.1, 0.15) is 12.5 Å². The van der Waals surface area contributed by atoms with Crippen molar-refractivity contribution in [2.75, 3.05) is 5.32 Å². The van der Waals surface area contributed by atoms with Gasteiger partial charge in [0.2, 0.25) is 11.8 Å². The molecule has 5 aromatic rings. The lowest BCUT2D eigenvalue weighted by Gasteiger charge is -2.11. The topological polar surface area (TPSA) is 96.7 Å². The van der Waals surface area contributed by atoms with E-state index in [0.29, 0.717) is 33.4 Å². The number of pyridine rings is 1. The molecule has 164 valence electrons. The van der Waals surface area contributed by atoms with Crippen molar-refractivity contribution in [1.82, 2.24) is 20.2 Å². The van der Waals surface area contributed by atoms with E-state index >= 15 is 0 Å². The number of anilines is 1. The van der Waals surface area contributed by atoms with Gasteiger partial charge in [-0.05, 0) is 52.7 Å². The summed E-state index contributed by atoms with van der Waals surface area (Å²) >= 11 is 9.65. The number of hydrogen-bond donors (Lipinski definition) is 2. The zero-order chi connectivity index (χ0) is 23.1. The molecular formula is C24H17BrClN5O2. The first-order chi connectivity index (χ1) is 15.9. The molecule has 33 heavy (non-hydrogen) atoms. The number of nitrogens with one attached hydrogen (secondary N) is 2. The lowest BCUT2D eigenvalue weighted by Crippen LogP contribution is -2.07. The van der Waals surface area contributed by atoms with E-state index in [-0.39, 0.29) is 5.91 Å². The van der Waals surface area contributed by atoms with Crippen LogP contribution in [0, 0.1) is 6.92 Å². The second-order valence-electron chi connectivity index (χ2n) is 7.56. The Morgan fingerprint density at radius 2 is 1.97 bits per heavy atom. The number of hydrogen-bond acceptors (Lipinski definition) is 5. The van der Waals surface area contributed by atoms with Crippen LogP contribution in [0.5, 0.6) is 0 Å². The second kappa shape index (κ2) is 8.46. The monoisotopic (exact) mass is 521 g/mol. The molecule has 0 saturated heterocycles. The quantitative estimate of drug-likeness (QED) is 0.276. The van der Waals surface area contributed by atoms with Crippen molar-refractivity contribution in [1.29, 1.82) is 0 Å². The number of oxazole rings is 1. The van der Waals surface area contributed by atoms with Gasteiger partial charge in [-0.3, -0.25) is 14.9 Å². The number of rotatable bonds is 4. The minimum atomic E-state index is -0.172. The predicted octanol–water partition coefficient (Wildman–Crippen LogP) is 6.63. The van der Waals surface area contributed by atoms with Crippen molar-refractivity contribution < 1.29 is 9.21 Å². The van der Waals surface area contributed by atoms with Crippen LogP contribution in [0.2, 0.25) is 5.02 Å². The SMILES string of the molecule is CC(=O)Nc1cc(Br)cnc1-c1cccc(-c2[nH]ncc2-c2nc3cc(Cl)c(C)cc3o2)c1. The number of halogens is 2. The van der Waals surface area contributed by atoms with Crippen LogP contribution in [0.15, 0.2) is 63.7 Å². The van der Waals surface area contributed by atoms with Crippen LogP contribution in [-0.2, 0) is 4.79 Å². The number of nitrogens with zero attached hydrogens (tertiary/aromatic N) is 3. The van der Waals surface area contributed by atoms with Gasteiger partial charge in [0.25, 0.3) is 0 Å². The van der Waals surface area contributed by atoms with Gasteiger partial charge < -0.3 is 9.73 Å². The first kappa shape index (κ1) is 21.4. The van der Waals surface area contributed by atoms with E-state index in [1.54, 1.807) is 18.5 Å². The van der Waals surface area contributed by atoms with Crippen molar-refractivity contribution in [2.45, 2.75) is 13.8 Å². The average molecular weight is 523 g/mol. The number of H-pyrrole nitrogens is 1. The number of fused-ring (bicyclic) bond motifs is 1. The van der Waals surface area contributed by atoms with Crippen LogP contribution in [0.3, 0.4) is 0 Å².